The quantitative estimate of drug-likeness (QED) is 0.701. The average molecular weight is 376 g/mol. The third-order valence-electron chi connectivity index (χ3n) is 3.74. The van der Waals surface area contributed by atoms with Crippen LogP contribution in [0.2, 0.25) is 5.02 Å². The topological polar surface area (TPSA) is 56.1 Å². The fourth-order valence-corrected chi connectivity index (χ4v) is 3.30. The first-order chi connectivity index (χ1) is 12.1. The molecule has 130 valence electrons. The maximum atomic E-state index is 12.6. The number of amides is 1. The molecule has 0 fully saturated rings. The number of nitrogens with zero attached hydrogens (tertiary/aromatic N) is 2. The SMILES string of the molecule is COc1ccc(Cl)cc1NC(=O)Cn1c(CSC)nc2ccccc21. The Balaban J connectivity index is 1.87. The lowest BCUT2D eigenvalue weighted by atomic mass is 10.3. The summed E-state index contributed by atoms with van der Waals surface area (Å²) in [6.07, 6.45) is 2.01. The van der Waals surface area contributed by atoms with Crippen molar-refractivity contribution in [1.82, 2.24) is 9.55 Å². The van der Waals surface area contributed by atoms with Crippen LogP contribution in [0.4, 0.5) is 5.69 Å². The molecule has 7 heteroatoms. The highest BCUT2D eigenvalue weighted by molar-refractivity contribution is 7.97. The summed E-state index contributed by atoms with van der Waals surface area (Å²) in [6, 6.07) is 12.9. The Hall–Kier alpha value is -2.18. The Morgan fingerprint density at radius 3 is 2.88 bits per heavy atom. The van der Waals surface area contributed by atoms with E-state index in [0.29, 0.717) is 16.5 Å². The number of halogens is 1. The second-order valence-corrected chi connectivity index (χ2v) is 6.73. The number of hydrogen-bond acceptors (Lipinski definition) is 4. The van der Waals surface area contributed by atoms with Crippen molar-refractivity contribution >= 4 is 46.0 Å². The monoisotopic (exact) mass is 375 g/mol. The summed E-state index contributed by atoms with van der Waals surface area (Å²) in [5.41, 5.74) is 2.38. The summed E-state index contributed by atoms with van der Waals surface area (Å²) < 4.78 is 7.22. The highest BCUT2D eigenvalue weighted by Crippen LogP contribution is 2.28. The molecule has 0 aliphatic heterocycles. The van der Waals surface area contributed by atoms with E-state index in [2.05, 4.69) is 10.3 Å². The standard InChI is InChI=1S/C18H18ClN3O2S/c1-24-16-8-7-12(19)9-14(16)21-18(23)10-22-15-6-4-3-5-13(15)20-17(22)11-25-2/h3-9H,10-11H2,1-2H3,(H,21,23). The second kappa shape index (κ2) is 7.80. The zero-order chi connectivity index (χ0) is 17.8. The molecule has 0 aliphatic carbocycles. The first kappa shape index (κ1) is 17.6. The Morgan fingerprint density at radius 1 is 1.32 bits per heavy atom. The van der Waals surface area contributed by atoms with Gasteiger partial charge in [-0.2, -0.15) is 11.8 Å². The van der Waals surface area contributed by atoms with Gasteiger partial charge in [0.25, 0.3) is 0 Å². The van der Waals surface area contributed by atoms with Gasteiger partial charge < -0.3 is 14.6 Å². The predicted octanol–water partition coefficient (Wildman–Crippen LogP) is 4.20. The molecule has 2 aromatic carbocycles. The number of anilines is 1. The molecule has 1 aromatic heterocycles. The maximum absolute atomic E-state index is 12.6. The number of methoxy groups -OCH3 is 1. The molecule has 0 bridgehead atoms. The summed E-state index contributed by atoms with van der Waals surface area (Å²) in [6.45, 7) is 0.173. The lowest BCUT2D eigenvalue weighted by Gasteiger charge is -2.12. The lowest BCUT2D eigenvalue weighted by molar-refractivity contribution is -0.116. The number of carbonyl (C=O) groups is 1. The van der Waals surface area contributed by atoms with Gasteiger partial charge >= 0.3 is 0 Å². The Morgan fingerprint density at radius 2 is 2.12 bits per heavy atom. The van der Waals surface area contributed by atoms with Crippen LogP contribution in [0.5, 0.6) is 5.75 Å². The van der Waals surface area contributed by atoms with Gasteiger partial charge in [0.15, 0.2) is 0 Å². The molecule has 3 rings (SSSR count). The molecule has 5 nitrogen and oxygen atoms in total. The van der Waals surface area contributed by atoms with Gasteiger partial charge in [0.2, 0.25) is 5.91 Å². The van der Waals surface area contributed by atoms with Gasteiger partial charge in [-0.3, -0.25) is 4.79 Å². The molecule has 3 aromatic rings. The van der Waals surface area contributed by atoms with Crippen molar-refractivity contribution in [3.63, 3.8) is 0 Å². The van der Waals surface area contributed by atoms with Gasteiger partial charge in [-0.1, -0.05) is 23.7 Å². The number of rotatable bonds is 6. The minimum atomic E-state index is -0.161. The Bertz CT molecular complexity index is 910. The fourth-order valence-electron chi connectivity index (χ4n) is 2.65. The Labute approximate surface area is 155 Å². The van der Waals surface area contributed by atoms with Gasteiger partial charge in [0.1, 0.15) is 18.1 Å². The van der Waals surface area contributed by atoms with Crippen molar-refractivity contribution in [2.75, 3.05) is 18.7 Å². The summed E-state index contributed by atoms with van der Waals surface area (Å²) in [5.74, 6) is 2.02. The highest BCUT2D eigenvalue weighted by Gasteiger charge is 2.14. The minimum Gasteiger partial charge on any atom is -0.495 e. The van der Waals surface area contributed by atoms with E-state index in [1.165, 1.54) is 0 Å². The van der Waals surface area contributed by atoms with E-state index in [0.717, 1.165) is 22.6 Å². The molecule has 1 amide bonds. The zero-order valence-corrected chi connectivity index (χ0v) is 15.5. The molecule has 25 heavy (non-hydrogen) atoms. The number of carbonyl (C=O) groups excluding carboxylic acids is 1. The molecule has 0 unspecified atom stereocenters. The molecular weight excluding hydrogens is 358 g/mol. The molecule has 0 aliphatic rings. The van der Waals surface area contributed by atoms with E-state index in [4.69, 9.17) is 16.3 Å². The van der Waals surface area contributed by atoms with E-state index in [1.54, 1.807) is 37.1 Å². The summed E-state index contributed by atoms with van der Waals surface area (Å²) >= 11 is 7.69. The molecule has 0 spiro atoms. The molecule has 1 heterocycles. The van der Waals surface area contributed by atoms with E-state index >= 15 is 0 Å². The number of fused-ring (bicyclic) bond motifs is 1. The molecule has 0 saturated heterocycles. The summed E-state index contributed by atoms with van der Waals surface area (Å²) in [4.78, 5) is 17.2. The van der Waals surface area contributed by atoms with Crippen LogP contribution in [0.15, 0.2) is 42.5 Å². The maximum Gasteiger partial charge on any atom is 0.244 e. The first-order valence-electron chi connectivity index (χ1n) is 7.69. The van der Waals surface area contributed by atoms with Crippen molar-refractivity contribution in [2.45, 2.75) is 12.3 Å². The van der Waals surface area contributed by atoms with E-state index in [9.17, 15) is 4.79 Å². The zero-order valence-electron chi connectivity index (χ0n) is 14.0. The number of thioether (sulfide) groups is 1. The minimum absolute atomic E-state index is 0.161. The largest absolute Gasteiger partial charge is 0.495 e. The molecule has 0 atom stereocenters. The van der Waals surface area contributed by atoms with Crippen LogP contribution in [0.25, 0.3) is 11.0 Å². The van der Waals surface area contributed by atoms with Crippen LogP contribution in [-0.2, 0) is 17.1 Å². The van der Waals surface area contributed by atoms with Crippen LogP contribution < -0.4 is 10.1 Å². The molecular formula is C18H18ClN3O2S. The van der Waals surface area contributed by atoms with E-state index < -0.39 is 0 Å². The number of nitrogens with one attached hydrogen (secondary N) is 1. The Kier molecular flexibility index (Phi) is 5.50. The van der Waals surface area contributed by atoms with Crippen molar-refractivity contribution in [3.05, 3.63) is 53.3 Å². The van der Waals surface area contributed by atoms with Crippen LogP contribution in [0, 0.1) is 0 Å². The predicted molar refractivity (Wildman–Crippen MR) is 104 cm³/mol. The van der Waals surface area contributed by atoms with Crippen LogP contribution in [-0.4, -0.2) is 28.8 Å². The van der Waals surface area contributed by atoms with E-state index in [-0.39, 0.29) is 12.5 Å². The number of para-hydroxylation sites is 2. The first-order valence-corrected chi connectivity index (χ1v) is 9.46. The third kappa shape index (κ3) is 3.91. The second-order valence-electron chi connectivity index (χ2n) is 5.43. The summed E-state index contributed by atoms with van der Waals surface area (Å²) in [5, 5.41) is 3.41. The number of ether oxygens (including phenoxy) is 1. The smallest absolute Gasteiger partial charge is 0.244 e. The number of hydrogen-bond donors (Lipinski definition) is 1. The van der Waals surface area contributed by atoms with Crippen LogP contribution >= 0.6 is 23.4 Å². The van der Waals surface area contributed by atoms with Crippen molar-refractivity contribution in [1.29, 1.82) is 0 Å². The normalized spacial score (nSPS) is 10.8. The van der Waals surface area contributed by atoms with Crippen LogP contribution in [0.3, 0.4) is 0 Å². The van der Waals surface area contributed by atoms with Crippen LogP contribution in [0.1, 0.15) is 5.82 Å². The number of aromatic nitrogens is 2. The van der Waals surface area contributed by atoms with Gasteiger partial charge in [-0.15, -0.1) is 0 Å². The summed E-state index contributed by atoms with van der Waals surface area (Å²) in [7, 11) is 1.55. The van der Waals surface area contributed by atoms with E-state index in [1.807, 2.05) is 35.1 Å². The molecule has 1 N–H and O–H groups in total. The lowest BCUT2D eigenvalue weighted by Crippen LogP contribution is -2.20. The number of imidazole rings is 1. The number of benzene rings is 2. The molecule has 0 radical (unpaired) electrons. The highest BCUT2D eigenvalue weighted by atomic mass is 35.5. The van der Waals surface area contributed by atoms with Gasteiger partial charge in [0, 0.05) is 5.02 Å². The average Bonchev–Trinajstić information content (AvgIpc) is 2.93. The van der Waals surface area contributed by atoms with Gasteiger partial charge in [-0.25, -0.2) is 4.98 Å². The van der Waals surface area contributed by atoms with Crippen molar-refractivity contribution in [3.8, 4) is 5.75 Å². The van der Waals surface area contributed by atoms with Crippen molar-refractivity contribution < 1.29 is 9.53 Å². The van der Waals surface area contributed by atoms with Gasteiger partial charge in [0.05, 0.1) is 29.6 Å². The van der Waals surface area contributed by atoms with Crippen molar-refractivity contribution in [2.24, 2.45) is 0 Å². The molecule has 0 saturated carbocycles. The fraction of sp³-hybridized carbons (Fsp3) is 0.222. The van der Waals surface area contributed by atoms with Gasteiger partial charge in [-0.05, 0) is 36.6 Å². The third-order valence-corrected chi connectivity index (χ3v) is 4.53.